The first-order valence-electron chi connectivity index (χ1n) is 5.50. The summed E-state index contributed by atoms with van der Waals surface area (Å²) in [5.74, 6) is -2.64. The van der Waals surface area contributed by atoms with Crippen molar-refractivity contribution in [3.63, 3.8) is 0 Å². The number of hydrogen-bond acceptors (Lipinski definition) is 2. The van der Waals surface area contributed by atoms with Gasteiger partial charge in [-0.1, -0.05) is 30.3 Å². The van der Waals surface area contributed by atoms with Crippen molar-refractivity contribution in [2.75, 3.05) is 0 Å². The van der Waals surface area contributed by atoms with Gasteiger partial charge in [0.15, 0.2) is 11.6 Å². The topological polar surface area (TPSA) is 43.1 Å². The van der Waals surface area contributed by atoms with Crippen molar-refractivity contribution in [1.82, 2.24) is 0 Å². The summed E-state index contributed by atoms with van der Waals surface area (Å²) in [5.41, 5.74) is 5.65. The van der Waals surface area contributed by atoms with Crippen molar-refractivity contribution in [2.24, 2.45) is 5.73 Å². The molecule has 2 nitrogen and oxygen atoms in total. The van der Waals surface area contributed by atoms with Crippen LogP contribution < -0.4 is 5.73 Å². The highest BCUT2D eigenvalue weighted by Crippen LogP contribution is 2.25. The van der Waals surface area contributed by atoms with Gasteiger partial charge < -0.3 is 5.73 Å². The van der Waals surface area contributed by atoms with Gasteiger partial charge in [-0.15, -0.1) is 0 Å². The van der Waals surface area contributed by atoms with Gasteiger partial charge in [-0.25, -0.2) is 8.78 Å². The van der Waals surface area contributed by atoms with Crippen LogP contribution in [-0.2, 0) is 0 Å². The molecular weight excluding hydrogens is 316 g/mol. The zero-order valence-corrected chi connectivity index (χ0v) is 11.3. The Bertz CT molecular complexity index is 616. The molecule has 2 rings (SSSR count). The first-order chi connectivity index (χ1) is 9.02. The van der Waals surface area contributed by atoms with Gasteiger partial charge >= 0.3 is 0 Å². The van der Waals surface area contributed by atoms with E-state index in [1.165, 1.54) is 6.07 Å². The molecule has 1 atom stereocenters. The Balaban J connectivity index is 2.43. The summed E-state index contributed by atoms with van der Waals surface area (Å²) < 4.78 is 27.5. The van der Waals surface area contributed by atoms with E-state index in [0.717, 1.165) is 6.07 Å². The molecule has 2 N–H and O–H groups in total. The monoisotopic (exact) mass is 325 g/mol. The Morgan fingerprint density at radius 2 is 1.74 bits per heavy atom. The maximum Gasteiger partial charge on any atom is 0.189 e. The van der Waals surface area contributed by atoms with E-state index < -0.39 is 29.0 Å². The standard InChI is InChI=1S/C14H10BrF2NO/c15-9-6-7-10(16)11(12(9)17)14(19)13(18)8-4-2-1-3-5-8/h1-7,13H,18H2. The Labute approximate surface area is 117 Å². The van der Waals surface area contributed by atoms with Crippen LogP contribution in [0.2, 0.25) is 0 Å². The minimum atomic E-state index is -1.10. The van der Waals surface area contributed by atoms with Crippen LogP contribution in [0.3, 0.4) is 0 Å². The molecule has 0 amide bonds. The molecule has 1 unspecified atom stereocenters. The number of rotatable bonds is 3. The van der Waals surface area contributed by atoms with Crippen molar-refractivity contribution in [3.05, 3.63) is 69.7 Å². The predicted octanol–water partition coefficient (Wildman–Crippen LogP) is 3.61. The summed E-state index contributed by atoms with van der Waals surface area (Å²) >= 11 is 2.92. The van der Waals surface area contributed by atoms with Crippen LogP contribution in [0.4, 0.5) is 8.78 Å². The molecular formula is C14H10BrF2NO. The highest BCUT2D eigenvalue weighted by Gasteiger charge is 2.25. The smallest absolute Gasteiger partial charge is 0.189 e. The van der Waals surface area contributed by atoms with Crippen LogP contribution in [0, 0.1) is 11.6 Å². The number of carbonyl (C=O) groups is 1. The lowest BCUT2D eigenvalue weighted by Gasteiger charge is -2.12. The molecule has 19 heavy (non-hydrogen) atoms. The minimum absolute atomic E-state index is 0.0255. The molecule has 0 aliphatic heterocycles. The molecule has 0 heterocycles. The van der Waals surface area contributed by atoms with Crippen LogP contribution in [0.5, 0.6) is 0 Å². The second kappa shape index (κ2) is 5.59. The zero-order chi connectivity index (χ0) is 14.0. The Kier molecular flexibility index (Phi) is 4.07. The second-order valence-electron chi connectivity index (χ2n) is 3.97. The number of halogens is 3. The largest absolute Gasteiger partial charge is 0.318 e. The molecule has 0 aromatic heterocycles. The van der Waals surface area contributed by atoms with E-state index in [1.54, 1.807) is 30.3 Å². The molecule has 0 spiro atoms. The summed E-state index contributed by atoms with van der Waals surface area (Å²) in [4.78, 5) is 12.1. The van der Waals surface area contributed by atoms with Gasteiger partial charge in [0.1, 0.15) is 5.82 Å². The molecule has 2 aromatic rings. The molecule has 98 valence electrons. The van der Waals surface area contributed by atoms with E-state index in [1.807, 2.05) is 0 Å². The van der Waals surface area contributed by atoms with Crippen molar-refractivity contribution in [2.45, 2.75) is 6.04 Å². The lowest BCUT2D eigenvalue weighted by molar-refractivity contribution is 0.0953. The van der Waals surface area contributed by atoms with E-state index in [9.17, 15) is 13.6 Å². The number of hydrogen-bond donors (Lipinski definition) is 1. The van der Waals surface area contributed by atoms with E-state index in [4.69, 9.17) is 5.73 Å². The number of nitrogens with two attached hydrogens (primary N) is 1. The minimum Gasteiger partial charge on any atom is -0.318 e. The lowest BCUT2D eigenvalue weighted by atomic mass is 9.97. The van der Waals surface area contributed by atoms with Crippen LogP contribution >= 0.6 is 15.9 Å². The quantitative estimate of drug-likeness (QED) is 0.692. The fourth-order valence-electron chi connectivity index (χ4n) is 1.72. The average Bonchev–Trinajstić information content (AvgIpc) is 2.43. The zero-order valence-electron chi connectivity index (χ0n) is 9.74. The van der Waals surface area contributed by atoms with Gasteiger partial charge in [-0.05, 0) is 33.6 Å². The molecule has 0 saturated carbocycles. The summed E-state index contributed by atoms with van der Waals surface area (Å²) in [5, 5.41) is 0. The van der Waals surface area contributed by atoms with Gasteiger partial charge in [-0.2, -0.15) is 0 Å². The first-order valence-corrected chi connectivity index (χ1v) is 6.30. The normalized spacial score (nSPS) is 12.2. The van der Waals surface area contributed by atoms with Gasteiger partial charge in [0.05, 0.1) is 16.1 Å². The third kappa shape index (κ3) is 2.72. The van der Waals surface area contributed by atoms with Gasteiger partial charge in [-0.3, -0.25) is 4.79 Å². The van der Waals surface area contributed by atoms with Crippen molar-refractivity contribution in [3.8, 4) is 0 Å². The lowest BCUT2D eigenvalue weighted by Crippen LogP contribution is -2.23. The summed E-state index contributed by atoms with van der Waals surface area (Å²) in [7, 11) is 0. The maximum atomic E-state index is 13.8. The highest BCUT2D eigenvalue weighted by atomic mass is 79.9. The van der Waals surface area contributed by atoms with E-state index in [2.05, 4.69) is 15.9 Å². The Hall–Kier alpha value is -1.59. The summed E-state index contributed by atoms with van der Waals surface area (Å²) in [6.07, 6.45) is 0. The fraction of sp³-hybridized carbons (Fsp3) is 0.0714. The van der Waals surface area contributed by atoms with Gasteiger partial charge in [0, 0.05) is 0 Å². The Morgan fingerprint density at radius 1 is 1.11 bits per heavy atom. The third-order valence-electron chi connectivity index (χ3n) is 2.73. The van der Waals surface area contributed by atoms with Crippen LogP contribution in [0.25, 0.3) is 0 Å². The number of Topliss-reactive ketones (excluding diaryl/α,β-unsaturated/α-hetero) is 1. The van der Waals surface area contributed by atoms with Crippen molar-refractivity contribution in [1.29, 1.82) is 0 Å². The molecule has 0 saturated heterocycles. The number of carbonyl (C=O) groups excluding carboxylic acids is 1. The Morgan fingerprint density at radius 3 is 2.37 bits per heavy atom. The third-order valence-corrected chi connectivity index (χ3v) is 3.34. The first kappa shape index (κ1) is 13.8. The van der Waals surface area contributed by atoms with E-state index >= 15 is 0 Å². The number of benzene rings is 2. The molecule has 0 radical (unpaired) electrons. The van der Waals surface area contributed by atoms with Crippen LogP contribution in [0.15, 0.2) is 46.9 Å². The van der Waals surface area contributed by atoms with Gasteiger partial charge in [0.25, 0.3) is 0 Å². The van der Waals surface area contributed by atoms with Crippen molar-refractivity contribution >= 4 is 21.7 Å². The molecule has 0 aliphatic carbocycles. The van der Waals surface area contributed by atoms with Crippen LogP contribution in [0.1, 0.15) is 22.0 Å². The molecule has 0 bridgehead atoms. The molecule has 2 aromatic carbocycles. The second-order valence-corrected chi connectivity index (χ2v) is 4.83. The SMILES string of the molecule is NC(C(=O)c1c(F)ccc(Br)c1F)c1ccccc1. The summed E-state index contributed by atoms with van der Waals surface area (Å²) in [6, 6.07) is 9.58. The van der Waals surface area contributed by atoms with E-state index in [-0.39, 0.29) is 4.47 Å². The highest BCUT2D eigenvalue weighted by molar-refractivity contribution is 9.10. The van der Waals surface area contributed by atoms with Crippen molar-refractivity contribution < 1.29 is 13.6 Å². The van der Waals surface area contributed by atoms with Gasteiger partial charge in [0.2, 0.25) is 0 Å². The van der Waals surface area contributed by atoms with Crippen LogP contribution in [-0.4, -0.2) is 5.78 Å². The molecule has 0 aliphatic rings. The predicted molar refractivity (Wildman–Crippen MR) is 71.8 cm³/mol. The maximum absolute atomic E-state index is 13.8. The van der Waals surface area contributed by atoms with E-state index in [0.29, 0.717) is 5.56 Å². The molecule has 0 fully saturated rings. The summed E-state index contributed by atoms with van der Waals surface area (Å²) in [6.45, 7) is 0. The molecule has 5 heteroatoms. The average molecular weight is 326 g/mol. The fourth-order valence-corrected chi connectivity index (χ4v) is 2.05. The number of ketones is 1.